The normalized spacial score (nSPS) is 19.6. The fraction of sp³-hybridized carbons (Fsp3) is 0.667. The van der Waals surface area contributed by atoms with Crippen molar-refractivity contribution in [1.82, 2.24) is 14.9 Å². The molecule has 2 aromatic rings. The van der Waals surface area contributed by atoms with Gasteiger partial charge in [-0.3, -0.25) is 4.90 Å². The molecule has 0 amide bonds. The van der Waals surface area contributed by atoms with E-state index in [1.54, 1.807) is 6.92 Å². The molecule has 1 unspecified atom stereocenters. The van der Waals surface area contributed by atoms with Crippen LogP contribution in [0.5, 0.6) is 0 Å². The number of aliphatic hydroxyl groups excluding tert-OH is 1. The Hall–Kier alpha value is -1.24. The average molecular weight is 347 g/mol. The van der Waals surface area contributed by atoms with Crippen molar-refractivity contribution in [3.63, 3.8) is 0 Å². The minimum absolute atomic E-state index is 0.382. The number of thiophene rings is 1. The maximum atomic E-state index is 9.65. The highest BCUT2D eigenvalue weighted by Gasteiger charge is 2.23. The first-order chi connectivity index (χ1) is 11.7. The van der Waals surface area contributed by atoms with Crippen molar-refractivity contribution in [3.05, 3.63) is 16.3 Å². The maximum Gasteiger partial charge on any atom is 0.146 e. The number of aliphatic hydroxyl groups is 1. The van der Waals surface area contributed by atoms with Gasteiger partial charge in [-0.2, -0.15) is 0 Å². The van der Waals surface area contributed by atoms with Gasteiger partial charge in [0.1, 0.15) is 16.5 Å². The van der Waals surface area contributed by atoms with Crippen LogP contribution in [0.3, 0.4) is 0 Å². The number of nitrogens with zero attached hydrogens (tertiary/aromatic N) is 3. The van der Waals surface area contributed by atoms with E-state index in [1.807, 2.05) is 11.3 Å². The zero-order chi connectivity index (χ0) is 16.5. The second-order valence-electron chi connectivity index (χ2n) is 7.09. The number of hydrogen-bond acceptors (Lipinski definition) is 6. The number of rotatable bonds is 5. The van der Waals surface area contributed by atoms with Gasteiger partial charge in [0.05, 0.1) is 18.0 Å². The molecule has 1 fully saturated rings. The number of anilines is 1. The van der Waals surface area contributed by atoms with Gasteiger partial charge in [0.25, 0.3) is 0 Å². The van der Waals surface area contributed by atoms with Crippen molar-refractivity contribution < 1.29 is 5.11 Å². The van der Waals surface area contributed by atoms with Gasteiger partial charge in [-0.25, -0.2) is 9.97 Å². The molecule has 5 nitrogen and oxygen atoms in total. The zero-order valence-electron chi connectivity index (χ0n) is 14.3. The fourth-order valence-electron chi connectivity index (χ4n) is 3.80. The first-order valence-electron chi connectivity index (χ1n) is 9.16. The van der Waals surface area contributed by atoms with Crippen molar-refractivity contribution in [2.75, 3.05) is 25.0 Å². The second kappa shape index (κ2) is 6.94. The highest BCUT2D eigenvalue weighted by atomic mass is 32.1. The molecule has 2 aliphatic rings. The van der Waals surface area contributed by atoms with Gasteiger partial charge < -0.3 is 10.4 Å². The van der Waals surface area contributed by atoms with E-state index in [0.29, 0.717) is 6.54 Å². The summed E-state index contributed by atoms with van der Waals surface area (Å²) in [6, 6.07) is 0. The van der Waals surface area contributed by atoms with Crippen molar-refractivity contribution in [1.29, 1.82) is 0 Å². The topological polar surface area (TPSA) is 61.3 Å². The zero-order valence-corrected chi connectivity index (χ0v) is 15.2. The van der Waals surface area contributed by atoms with E-state index in [0.717, 1.165) is 42.5 Å². The molecule has 0 bridgehead atoms. The van der Waals surface area contributed by atoms with Crippen LogP contribution < -0.4 is 5.32 Å². The molecule has 6 heteroatoms. The van der Waals surface area contributed by atoms with Crippen molar-refractivity contribution in [2.45, 2.75) is 58.1 Å². The molecule has 0 spiro atoms. The Kier molecular flexibility index (Phi) is 4.70. The quantitative estimate of drug-likeness (QED) is 0.871. The van der Waals surface area contributed by atoms with E-state index in [4.69, 9.17) is 9.97 Å². The Balaban J connectivity index is 1.67. The van der Waals surface area contributed by atoms with Crippen molar-refractivity contribution in [2.24, 2.45) is 0 Å². The number of piperidine rings is 1. The van der Waals surface area contributed by atoms with E-state index in [2.05, 4.69) is 10.2 Å². The van der Waals surface area contributed by atoms with Crippen molar-refractivity contribution in [3.8, 4) is 0 Å². The van der Waals surface area contributed by atoms with Crippen LogP contribution in [-0.4, -0.2) is 45.7 Å². The molecule has 1 aliphatic carbocycles. The molecule has 130 valence electrons. The third-order valence-corrected chi connectivity index (χ3v) is 6.18. The summed E-state index contributed by atoms with van der Waals surface area (Å²) < 4.78 is 0. The fourth-order valence-corrected chi connectivity index (χ4v) is 5.08. The summed E-state index contributed by atoms with van der Waals surface area (Å²) in [5, 5.41) is 14.2. The van der Waals surface area contributed by atoms with Crippen LogP contribution in [-0.2, 0) is 19.4 Å². The van der Waals surface area contributed by atoms with Crippen LogP contribution in [0.15, 0.2) is 0 Å². The molecule has 0 saturated carbocycles. The van der Waals surface area contributed by atoms with Gasteiger partial charge in [0, 0.05) is 11.4 Å². The lowest BCUT2D eigenvalue weighted by Gasteiger charge is -2.25. The summed E-state index contributed by atoms with van der Waals surface area (Å²) in [4.78, 5) is 14.8. The van der Waals surface area contributed by atoms with Crippen molar-refractivity contribution >= 4 is 27.4 Å². The number of nitrogens with one attached hydrogen (secondary N) is 1. The predicted octanol–water partition coefficient (Wildman–Crippen LogP) is 2.96. The molecule has 1 saturated heterocycles. The Morgan fingerprint density at radius 1 is 1.17 bits per heavy atom. The number of likely N-dealkylation sites (tertiary alicyclic amines) is 1. The molecule has 4 rings (SSSR count). The Bertz CT molecular complexity index is 721. The molecule has 2 N–H and O–H groups in total. The first kappa shape index (κ1) is 16.2. The van der Waals surface area contributed by atoms with Crippen LogP contribution in [0.2, 0.25) is 0 Å². The average Bonchev–Trinajstić information content (AvgIpc) is 3.14. The summed E-state index contributed by atoms with van der Waals surface area (Å²) in [5.41, 5.74) is 1.44. The number of hydrogen-bond donors (Lipinski definition) is 2. The van der Waals surface area contributed by atoms with E-state index < -0.39 is 0 Å². The predicted molar refractivity (Wildman–Crippen MR) is 98.7 cm³/mol. The van der Waals surface area contributed by atoms with Crippen LogP contribution >= 0.6 is 11.3 Å². The van der Waals surface area contributed by atoms with E-state index in [-0.39, 0.29) is 6.10 Å². The Morgan fingerprint density at radius 2 is 2.00 bits per heavy atom. The lowest BCUT2D eigenvalue weighted by atomic mass is 10.1. The minimum atomic E-state index is -0.382. The molecule has 3 heterocycles. The van der Waals surface area contributed by atoms with Crippen LogP contribution in [0, 0.1) is 0 Å². The molecule has 24 heavy (non-hydrogen) atoms. The van der Waals surface area contributed by atoms with Crippen LogP contribution in [0.25, 0.3) is 10.2 Å². The molecule has 1 atom stereocenters. The highest BCUT2D eigenvalue weighted by molar-refractivity contribution is 7.19. The highest BCUT2D eigenvalue weighted by Crippen LogP contribution is 2.39. The van der Waals surface area contributed by atoms with E-state index in [9.17, 15) is 5.11 Å². The van der Waals surface area contributed by atoms with Gasteiger partial charge in [0.2, 0.25) is 0 Å². The standard InChI is InChI=1S/C18H26N4OS/c1-12(23)10-19-17-16-13-6-5-7-14(13)24-18(16)21-15(20-17)11-22-8-3-2-4-9-22/h12,23H,2-11H2,1H3,(H,19,20,21). The number of aromatic nitrogens is 2. The molecular weight excluding hydrogens is 320 g/mol. The SMILES string of the molecule is CC(O)CNc1nc(CN2CCCCC2)nc2sc3c(c12)CCC3. The monoisotopic (exact) mass is 346 g/mol. The molecule has 2 aromatic heterocycles. The third kappa shape index (κ3) is 3.27. The first-order valence-corrected chi connectivity index (χ1v) is 9.98. The number of aryl methyl sites for hydroxylation is 2. The Morgan fingerprint density at radius 3 is 2.79 bits per heavy atom. The summed E-state index contributed by atoms with van der Waals surface area (Å²) >= 11 is 1.84. The molecule has 0 aromatic carbocycles. The smallest absolute Gasteiger partial charge is 0.146 e. The largest absolute Gasteiger partial charge is 0.392 e. The summed E-state index contributed by atoms with van der Waals surface area (Å²) in [7, 11) is 0. The Labute approximate surface area is 147 Å². The van der Waals surface area contributed by atoms with Crippen LogP contribution in [0.1, 0.15) is 48.9 Å². The molecular formula is C18H26N4OS. The van der Waals surface area contributed by atoms with E-state index in [1.165, 1.54) is 47.9 Å². The molecule has 1 aliphatic heterocycles. The molecule has 0 radical (unpaired) electrons. The second-order valence-corrected chi connectivity index (χ2v) is 8.18. The van der Waals surface area contributed by atoms with Crippen LogP contribution in [0.4, 0.5) is 5.82 Å². The minimum Gasteiger partial charge on any atom is -0.392 e. The van der Waals surface area contributed by atoms with Gasteiger partial charge in [0.15, 0.2) is 0 Å². The van der Waals surface area contributed by atoms with Gasteiger partial charge in [-0.15, -0.1) is 11.3 Å². The lowest BCUT2D eigenvalue weighted by Crippen LogP contribution is -2.30. The summed E-state index contributed by atoms with van der Waals surface area (Å²) in [6.07, 6.45) is 7.07. The lowest BCUT2D eigenvalue weighted by molar-refractivity contribution is 0.208. The summed E-state index contributed by atoms with van der Waals surface area (Å²) in [5.74, 6) is 1.84. The van der Waals surface area contributed by atoms with Gasteiger partial charge in [-0.1, -0.05) is 6.42 Å². The number of fused-ring (bicyclic) bond motifs is 3. The maximum absolute atomic E-state index is 9.65. The van der Waals surface area contributed by atoms with E-state index >= 15 is 0 Å². The summed E-state index contributed by atoms with van der Waals surface area (Å²) in [6.45, 7) is 5.47. The van der Waals surface area contributed by atoms with Gasteiger partial charge >= 0.3 is 0 Å². The third-order valence-electron chi connectivity index (χ3n) is 4.99. The van der Waals surface area contributed by atoms with Gasteiger partial charge in [-0.05, 0) is 57.7 Å².